The van der Waals surface area contributed by atoms with Crippen LogP contribution in [0.4, 0.5) is 9.18 Å². The lowest BCUT2D eigenvalue weighted by molar-refractivity contribution is -0.140. The molecule has 1 aromatic carbocycles. The summed E-state index contributed by atoms with van der Waals surface area (Å²) in [5.41, 5.74) is 0.793. The van der Waals surface area contributed by atoms with E-state index >= 15 is 0 Å². The van der Waals surface area contributed by atoms with Gasteiger partial charge in [-0.05, 0) is 17.7 Å². The molecule has 2 amide bonds. The van der Waals surface area contributed by atoms with Crippen LogP contribution in [0, 0.1) is 5.82 Å². The summed E-state index contributed by atoms with van der Waals surface area (Å²) in [6.45, 7) is 0.312. The van der Waals surface area contributed by atoms with Crippen LogP contribution in [-0.4, -0.2) is 51.6 Å². The average Bonchev–Trinajstić information content (AvgIpc) is 2.90. The zero-order valence-electron chi connectivity index (χ0n) is 11.0. The van der Waals surface area contributed by atoms with Crippen molar-refractivity contribution in [2.45, 2.75) is 12.6 Å². The molecule has 20 heavy (non-hydrogen) atoms. The first-order chi connectivity index (χ1) is 9.49. The fraction of sp³-hybridized carbons (Fsp3) is 0.385. The van der Waals surface area contributed by atoms with Crippen molar-refractivity contribution in [2.75, 3.05) is 18.7 Å². The lowest BCUT2D eigenvalue weighted by Crippen LogP contribution is -2.47. The minimum atomic E-state index is -0.987. The first-order valence-corrected chi connectivity index (χ1v) is 7.21. The van der Waals surface area contributed by atoms with Crippen LogP contribution in [0.3, 0.4) is 0 Å². The maximum absolute atomic E-state index is 12.8. The smallest absolute Gasteiger partial charge is 0.327 e. The van der Waals surface area contributed by atoms with E-state index in [-0.39, 0.29) is 11.8 Å². The van der Waals surface area contributed by atoms with Crippen LogP contribution in [0.2, 0.25) is 0 Å². The summed E-state index contributed by atoms with van der Waals surface area (Å²) in [6, 6.07) is 4.77. The second-order valence-corrected chi connectivity index (χ2v) is 5.59. The van der Waals surface area contributed by atoms with Crippen molar-refractivity contribution in [1.29, 1.82) is 0 Å². The van der Waals surface area contributed by atoms with E-state index in [1.54, 1.807) is 19.2 Å². The molecular weight excluding hydrogens is 283 g/mol. The third kappa shape index (κ3) is 3.22. The summed E-state index contributed by atoms with van der Waals surface area (Å²) in [7, 11) is 1.60. The Kier molecular flexibility index (Phi) is 4.49. The highest BCUT2D eigenvalue weighted by molar-refractivity contribution is 7.99. The number of benzene rings is 1. The molecule has 1 aromatic rings. The van der Waals surface area contributed by atoms with Gasteiger partial charge in [-0.15, -0.1) is 11.8 Å². The molecule has 0 radical (unpaired) electrons. The molecule has 1 heterocycles. The number of aliphatic carboxylic acids is 1. The number of nitrogens with zero attached hydrogens (tertiary/aromatic N) is 2. The van der Waals surface area contributed by atoms with Gasteiger partial charge in [0.25, 0.3) is 0 Å². The number of carboxylic acids is 1. The molecule has 1 aliphatic rings. The minimum absolute atomic E-state index is 0.312. The molecule has 0 aromatic heterocycles. The topological polar surface area (TPSA) is 60.9 Å². The molecule has 1 aliphatic heterocycles. The summed E-state index contributed by atoms with van der Waals surface area (Å²) in [4.78, 5) is 26.1. The number of halogens is 1. The Morgan fingerprint density at radius 2 is 2.10 bits per heavy atom. The number of thioether (sulfide) groups is 1. The van der Waals surface area contributed by atoms with Crippen molar-refractivity contribution in [3.05, 3.63) is 35.6 Å². The first kappa shape index (κ1) is 14.6. The van der Waals surface area contributed by atoms with Gasteiger partial charge in [0.05, 0.1) is 5.88 Å². The van der Waals surface area contributed by atoms with Crippen LogP contribution in [-0.2, 0) is 11.3 Å². The molecule has 5 nitrogen and oxygen atoms in total. The van der Waals surface area contributed by atoms with Crippen LogP contribution in [0.1, 0.15) is 5.56 Å². The minimum Gasteiger partial charge on any atom is -0.480 e. The molecular formula is C13H15FN2O3S. The lowest BCUT2D eigenvalue weighted by Gasteiger charge is -2.27. The third-order valence-corrected chi connectivity index (χ3v) is 4.08. The van der Waals surface area contributed by atoms with Crippen molar-refractivity contribution in [3.8, 4) is 0 Å². The average molecular weight is 298 g/mol. The Balaban J connectivity index is 2.01. The lowest BCUT2D eigenvalue weighted by atomic mass is 10.2. The number of carbonyl (C=O) groups is 2. The highest BCUT2D eigenvalue weighted by atomic mass is 32.2. The number of hydrogen-bond acceptors (Lipinski definition) is 3. The fourth-order valence-electron chi connectivity index (χ4n) is 1.99. The molecule has 0 spiro atoms. The maximum Gasteiger partial charge on any atom is 0.327 e. The van der Waals surface area contributed by atoms with Crippen LogP contribution in [0.5, 0.6) is 0 Å². The normalized spacial score (nSPS) is 18.1. The van der Waals surface area contributed by atoms with Crippen molar-refractivity contribution in [1.82, 2.24) is 9.80 Å². The van der Waals surface area contributed by atoms with Crippen molar-refractivity contribution < 1.29 is 19.1 Å². The summed E-state index contributed by atoms with van der Waals surface area (Å²) < 4.78 is 12.8. The molecule has 1 saturated heterocycles. The van der Waals surface area contributed by atoms with E-state index in [1.165, 1.54) is 33.7 Å². The standard InChI is InChI=1S/C13H15FN2O3S/c1-15(6-9-2-4-10(14)5-3-9)13(19)16-8-20-7-11(16)12(17)18/h2-5,11H,6-8H2,1H3,(H,17,18). The maximum atomic E-state index is 12.8. The van der Waals surface area contributed by atoms with Gasteiger partial charge in [-0.2, -0.15) is 0 Å². The van der Waals surface area contributed by atoms with Gasteiger partial charge in [-0.3, -0.25) is 0 Å². The van der Waals surface area contributed by atoms with Gasteiger partial charge >= 0.3 is 12.0 Å². The quantitative estimate of drug-likeness (QED) is 0.925. The first-order valence-electron chi connectivity index (χ1n) is 6.06. The van der Waals surface area contributed by atoms with Gasteiger partial charge in [0.1, 0.15) is 11.9 Å². The zero-order chi connectivity index (χ0) is 14.7. The van der Waals surface area contributed by atoms with Crippen molar-refractivity contribution in [3.63, 3.8) is 0 Å². The Labute approximate surface area is 120 Å². The monoisotopic (exact) mass is 298 g/mol. The third-order valence-electron chi connectivity index (χ3n) is 3.07. The predicted molar refractivity (Wildman–Crippen MR) is 73.9 cm³/mol. The molecule has 7 heteroatoms. The van der Waals surface area contributed by atoms with Gasteiger partial charge in [0.2, 0.25) is 0 Å². The van der Waals surface area contributed by atoms with E-state index in [0.29, 0.717) is 18.2 Å². The Morgan fingerprint density at radius 1 is 1.45 bits per heavy atom. The number of rotatable bonds is 3. The zero-order valence-corrected chi connectivity index (χ0v) is 11.8. The number of hydrogen-bond donors (Lipinski definition) is 1. The number of carbonyl (C=O) groups excluding carboxylic acids is 1. The molecule has 2 rings (SSSR count). The predicted octanol–water partition coefficient (Wildman–Crippen LogP) is 1.84. The Hall–Kier alpha value is -1.76. The number of carboxylic acid groups (broad SMARTS) is 1. The molecule has 108 valence electrons. The second kappa shape index (κ2) is 6.13. The fourth-order valence-corrected chi connectivity index (χ4v) is 3.12. The largest absolute Gasteiger partial charge is 0.480 e. The van der Waals surface area contributed by atoms with E-state index < -0.39 is 12.0 Å². The van der Waals surface area contributed by atoms with Crippen LogP contribution >= 0.6 is 11.8 Å². The second-order valence-electron chi connectivity index (χ2n) is 4.59. The van der Waals surface area contributed by atoms with Gasteiger partial charge in [0.15, 0.2) is 0 Å². The Morgan fingerprint density at radius 3 is 2.70 bits per heavy atom. The molecule has 0 bridgehead atoms. The number of urea groups is 1. The van der Waals surface area contributed by atoms with Crippen LogP contribution < -0.4 is 0 Å². The van der Waals surface area contributed by atoms with E-state index in [0.717, 1.165) is 5.56 Å². The summed E-state index contributed by atoms with van der Waals surface area (Å²) in [5.74, 6) is -0.530. The van der Waals surface area contributed by atoms with Crippen LogP contribution in [0.15, 0.2) is 24.3 Å². The molecule has 1 unspecified atom stereocenters. The van der Waals surface area contributed by atoms with Crippen LogP contribution in [0.25, 0.3) is 0 Å². The molecule has 1 atom stereocenters. The highest BCUT2D eigenvalue weighted by Gasteiger charge is 2.35. The highest BCUT2D eigenvalue weighted by Crippen LogP contribution is 2.22. The van der Waals surface area contributed by atoms with Gasteiger partial charge in [-0.25, -0.2) is 14.0 Å². The molecule has 0 saturated carbocycles. The molecule has 0 aliphatic carbocycles. The summed E-state index contributed by atoms with van der Waals surface area (Å²) in [5, 5.41) is 9.07. The van der Waals surface area contributed by atoms with Gasteiger partial charge < -0.3 is 14.9 Å². The van der Waals surface area contributed by atoms with Gasteiger partial charge in [0, 0.05) is 19.3 Å². The van der Waals surface area contributed by atoms with E-state index in [4.69, 9.17) is 5.11 Å². The van der Waals surface area contributed by atoms with Crippen molar-refractivity contribution >= 4 is 23.8 Å². The SMILES string of the molecule is CN(Cc1ccc(F)cc1)C(=O)N1CSCC1C(=O)O. The van der Waals surface area contributed by atoms with E-state index in [9.17, 15) is 14.0 Å². The number of amides is 2. The summed E-state index contributed by atoms with van der Waals surface area (Å²) in [6.07, 6.45) is 0. The van der Waals surface area contributed by atoms with Gasteiger partial charge in [-0.1, -0.05) is 12.1 Å². The van der Waals surface area contributed by atoms with E-state index in [1.807, 2.05) is 0 Å². The Bertz CT molecular complexity index is 509. The van der Waals surface area contributed by atoms with Crippen molar-refractivity contribution in [2.24, 2.45) is 0 Å². The summed E-state index contributed by atoms with van der Waals surface area (Å²) >= 11 is 1.42. The molecule has 1 fully saturated rings. The molecule has 1 N–H and O–H groups in total. The van der Waals surface area contributed by atoms with E-state index in [2.05, 4.69) is 0 Å².